The molecule has 0 aliphatic carbocycles. The molecule has 0 saturated carbocycles. The fourth-order valence-electron chi connectivity index (χ4n) is 1.54. The van der Waals surface area contributed by atoms with E-state index < -0.39 is 10.0 Å². The molecule has 2 heterocycles. The van der Waals surface area contributed by atoms with Gasteiger partial charge in [0.1, 0.15) is 0 Å². The Hall–Kier alpha value is -0.730. The maximum atomic E-state index is 12.0. The van der Waals surface area contributed by atoms with E-state index in [0.29, 0.717) is 13.1 Å². The van der Waals surface area contributed by atoms with E-state index in [-0.39, 0.29) is 9.47 Å². The highest BCUT2D eigenvalue weighted by atomic mass is 32.2. The number of nitrogens with two attached hydrogens (primary N) is 1. The molecule has 2 rings (SSSR count). The number of rotatable bonds is 2. The maximum absolute atomic E-state index is 12.0. The summed E-state index contributed by atoms with van der Waals surface area (Å²) in [5.74, 6) is 0. The highest BCUT2D eigenvalue weighted by molar-refractivity contribution is 7.91. The molecule has 0 aromatic carbocycles. The average Bonchev–Trinajstić information content (AvgIpc) is 2.67. The molecule has 1 saturated heterocycles. The van der Waals surface area contributed by atoms with Crippen LogP contribution in [0.15, 0.2) is 4.34 Å². The van der Waals surface area contributed by atoms with Gasteiger partial charge in [-0.15, -0.1) is 10.2 Å². The highest BCUT2D eigenvalue weighted by Crippen LogP contribution is 2.23. The molecule has 0 spiro atoms. The molecule has 0 radical (unpaired) electrons. The van der Waals surface area contributed by atoms with Crippen molar-refractivity contribution in [3.05, 3.63) is 0 Å². The smallest absolute Gasteiger partial charge is 0.272 e. The maximum Gasteiger partial charge on any atom is 0.272 e. The van der Waals surface area contributed by atoms with E-state index in [1.54, 1.807) is 0 Å². The number of nitrogen functional groups attached to an aromatic ring is 1. The first kappa shape index (κ1) is 10.8. The summed E-state index contributed by atoms with van der Waals surface area (Å²) in [6, 6.07) is 0. The lowest BCUT2D eigenvalue weighted by Crippen LogP contribution is -2.35. The summed E-state index contributed by atoms with van der Waals surface area (Å²) >= 11 is 0.914. The summed E-state index contributed by atoms with van der Waals surface area (Å²) in [5.41, 5.74) is 5.37. The van der Waals surface area contributed by atoms with Gasteiger partial charge in [0.2, 0.25) is 9.47 Å². The molecule has 8 heteroatoms. The Labute approximate surface area is 92.2 Å². The zero-order valence-electron chi connectivity index (χ0n) is 8.09. The van der Waals surface area contributed by atoms with Gasteiger partial charge >= 0.3 is 0 Å². The van der Waals surface area contributed by atoms with Crippen molar-refractivity contribution in [3.8, 4) is 0 Å². The molecule has 84 valence electrons. The molecule has 0 atom stereocenters. The number of nitrogens with zero attached hydrogens (tertiary/aromatic N) is 3. The summed E-state index contributed by atoms with van der Waals surface area (Å²) in [5, 5.41) is 7.28. The van der Waals surface area contributed by atoms with Crippen molar-refractivity contribution in [2.45, 2.75) is 23.6 Å². The fourth-order valence-corrected chi connectivity index (χ4v) is 3.98. The third-order valence-electron chi connectivity index (χ3n) is 2.30. The molecule has 2 N–H and O–H groups in total. The summed E-state index contributed by atoms with van der Waals surface area (Å²) in [6.07, 6.45) is 2.91. The van der Waals surface area contributed by atoms with Gasteiger partial charge in [0.25, 0.3) is 10.0 Å². The first-order chi connectivity index (χ1) is 7.10. The zero-order valence-corrected chi connectivity index (χ0v) is 9.72. The number of hydrogen-bond acceptors (Lipinski definition) is 6. The first-order valence-electron chi connectivity index (χ1n) is 4.70. The molecule has 1 aliphatic rings. The minimum Gasteiger partial charge on any atom is -0.374 e. The summed E-state index contributed by atoms with van der Waals surface area (Å²) in [4.78, 5) is 0. The third-order valence-corrected chi connectivity index (χ3v) is 5.29. The van der Waals surface area contributed by atoms with Crippen LogP contribution >= 0.6 is 11.3 Å². The zero-order chi connectivity index (χ0) is 10.9. The molecule has 15 heavy (non-hydrogen) atoms. The van der Waals surface area contributed by atoms with Crippen LogP contribution in [0.3, 0.4) is 0 Å². The number of piperidine rings is 1. The van der Waals surface area contributed by atoms with Crippen molar-refractivity contribution >= 4 is 26.5 Å². The van der Waals surface area contributed by atoms with Crippen LogP contribution in [-0.2, 0) is 10.0 Å². The first-order valence-corrected chi connectivity index (χ1v) is 6.95. The second kappa shape index (κ2) is 4.03. The fraction of sp³-hybridized carbons (Fsp3) is 0.714. The van der Waals surface area contributed by atoms with Gasteiger partial charge in [-0.2, -0.15) is 4.31 Å². The van der Waals surface area contributed by atoms with Gasteiger partial charge in [-0.1, -0.05) is 17.8 Å². The van der Waals surface area contributed by atoms with Crippen LogP contribution in [0.2, 0.25) is 0 Å². The minimum absolute atomic E-state index is 0.00176. The van der Waals surface area contributed by atoms with E-state index in [4.69, 9.17) is 5.73 Å². The van der Waals surface area contributed by atoms with Gasteiger partial charge in [0, 0.05) is 13.1 Å². The van der Waals surface area contributed by atoms with Crippen molar-refractivity contribution in [1.29, 1.82) is 0 Å². The van der Waals surface area contributed by atoms with Gasteiger partial charge < -0.3 is 5.73 Å². The predicted octanol–water partition coefficient (Wildman–Crippen LogP) is 0.295. The average molecular weight is 248 g/mol. The van der Waals surface area contributed by atoms with Gasteiger partial charge in [0.05, 0.1) is 0 Å². The number of anilines is 1. The Kier molecular flexibility index (Phi) is 2.89. The van der Waals surface area contributed by atoms with Crippen molar-refractivity contribution in [3.63, 3.8) is 0 Å². The highest BCUT2D eigenvalue weighted by Gasteiger charge is 2.29. The standard InChI is InChI=1S/C7H12N4O2S2/c8-6-9-10-7(14-6)15(12,13)11-4-2-1-3-5-11/h1-5H2,(H2,8,9). The summed E-state index contributed by atoms with van der Waals surface area (Å²) in [7, 11) is -3.44. The molecular formula is C7H12N4O2S2. The van der Waals surface area contributed by atoms with Crippen molar-refractivity contribution in [1.82, 2.24) is 14.5 Å². The van der Waals surface area contributed by atoms with Gasteiger partial charge in [-0.25, -0.2) is 8.42 Å². The summed E-state index contributed by atoms with van der Waals surface area (Å²) in [6.45, 7) is 1.14. The lowest BCUT2D eigenvalue weighted by molar-refractivity contribution is 0.346. The van der Waals surface area contributed by atoms with E-state index >= 15 is 0 Å². The summed E-state index contributed by atoms with van der Waals surface area (Å²) < 4.78 is 25.4. The van der Waals surface area contributed by atoms with Crippen LogP contribution in [0, 0.1) is 0 Å². The monoisotopic (exact) mass is 248 g/mol. The normalized spacial score (nSPS) is 19.2. The molecule has 1 fully saturated rings. The Morgan fingerprint density at radius 3 is 2.40 bits per heavy atom. The molecule has 0 unspecified atom stereocenters. The van der Waals surface area contributed by atoms with Crippen LogP contribution < -0.4 is 5.73 Å². The second-order valence-corrected chi connectivity index (χ2v) is 6.49. The van der Waals surface area contributed by atoms with Gasteiger partial charge in [-0.05, 0) is 12.8 Å². The minimum atomic E-state index is -3.44. The molecule has 0 bridgehead atoms. The molecule has 1 aromatic rings. The van der Waals surface area contributed by atoms with Crippen molar-refractivity contribution in [2.75, 3.05) is 18.8 Å². The number of hydrogen-bond donors (Lipinski definition) is 1. The van der Waals surface area contributed by atoms with E-state index in [9.17, 15) is 8.42 Å². The van der Waals surface area contributed by atoms with E-state index in [0.717, 1.165) is 30.6 Å². The van der Waals surface area contributed by atoms with Gasteiger partial charge in [0.15, 0.2) is 0 Å². The van der Waals surface area contributed by atoms with Crippen molar-refractivity contribution < 1.29 is 8.42 Å². The van der Waals surface area contributed by atoms with E-state index in [1.165, 1.54) is 4.31 Å². The largest absolute Gasteiger partial charge is 0.374 e. The van der Waals surface area contributed by atoms with Crippen LogP contribution in [0.5, 0.6) is 0 Å². The lowest BCUT2D eigenvalue weighted by atomic mass is 10.2. The van der Waals surface area contributed by atoms with Crippen molar-refractivity contribution in [2.24, 2.45) is 0 Å². The Morgan fingerprint density at radius 2 is 1.87 bits per heavy atom. The molecule has 6 nitrogen and oxygen atoms in total. The SMILES string of the molecule is Nc1nnc(S(=O)(=O)N2CCCCC2)s1. The Bertz CT molecular complexity index is 436. The van der Waals surface area contributed by atoms with E-state index in [1.807, 2.05) is 0 Å². The number of aromatic nitrogens is 2. The molecule has 1 aromatic heterocycles. The Morgan fingerprint density at radius 1 is 1.20 bits per heavy atom. The quantitative estimate of drug-likeness (QED) is 0.812. The third kappa shape index (κ3) is 2.11. The van der Waals surface area contributed by atoms with Crippen LogP contribution in [-0.4, -0.2) is 36.0 Å². The molecular weight excluding hydrogens is 236 g/mol. The van der Waals surface area contributed by atoms with Gasteiger partial charge in [-0.3, -0.25) is 0 Å². The van der Waals surface area contributed by atoms with Crippen LogP contribution in [0.25, 0.3) is 0 Å². The van der Waals surface area contributed by atoms with E-state index in [2.05, 4.69) is 10.2 Å². The predicted molar refractivity (Wildman–Crippen MR) is 56.9 cm³/mol. The number of sulfonamides is 1. The second-order valence-electron chi connectivity index (χ2n) is 3.37. The van der Waals surface area contributed by atoms with Crippen LogP contribution in [0.4, 0.5) is 5.13 Å². The molecule has 0 amide bonds. The lowest BCUT2D eigenvalue weighted by Gasteiger charge is -2.24. The topological polar surface area (TPSA) is 89.2 Å². The Balaban J connectivity index is 2.26. The molecule has 1 aliphatic heterocycles. The van der Waals surface area contributed by atoms with Crippen LogP contribution in [0.1, 0.15) is 19.3 Å².